The van der Waals surface area contributed by atoms with E-state index in [-0.39, 0.29) is 62.7 Å². The molecule has 1 aliphatic carbocycles. The number of hydrogen-bond donors (Lipinski definition) is 6. The van der Waals surface area contributed by atoms with Crippen LogP contribution in [0.4, 0.5) is 29.1 Å². The van der Waals surface area contributed by atoms with Gasteiger partial charge in [0, 0.05) is 62.0 Å². The number of anilines is 2. The number of nitrogens with two attached hydrogens (primary N) is 1. The van der Waals surface area contributed by atoms with Gasteiger partial charge in [0.2, 0.25) is 29.5 Å². The van der Waals surface area contributed by atoms with E-state index in [1.807, 2.05) is 48.0 Å². The molecule has 9 rings (SSSR count). The molecule has 6 atom stereocenters. The fourth-order valence-corrected chi connectivity index (χ4v) is 11.8. The normalized spacial score (nSPS) is 17.9. The van der Waals surface area contributed by atoms with Crippen LogP contribution in [0.15, 0.2) is 84.8 Å². The molecule has 6 aromatic rings. The largest absolute Gasteiger partial charge is 0.573 e. The summed E-state index contributed by atoms with van der Waals surface area (Å²) < 4.78 is 59.3. The van der Waals surface area contributed by atoms with Crippen molar-refractivity contribution in [3.05, 3.63) is 107 Å². The Hall–Kier alpha value is -7.99. The highest BCUT2D eigenvalue weighted by Gasteiger charge is 2.53. The molecule has 3 aromatic carbocycles. The maximum atomic E-state index is 14.8. The van der Waals surface area contributed by atoms with E-state index in [0.29, 0.717) is 60.3 Å². The third-order valence-electron chi connectivity index (χ3n) is 15.6. The Morgan fingerprint density at radius 2 is 1.68 bits per heavy atom. The molecular formula is C60H69F4N11O8S. The number of aliphatic hydroxyl groups is 1. The first kappa shape index (κ1) is 60.6. The Balaban J connectivity index is 0.800. The van der Waals surface area contributed by atoms with Gasteiger partial charge in [-0.05, 0) is 103 Å². The first-order valence-corrected chi connectivity index (χ1v) is 28.9. The zero-order chi connectivity index (χ0) is 60.4. The first-order valence-electron chi connectivity index (χ1n) is 28.0. The van der Waals surface area contributed by atoms with Crippen LogP contribution in [0.3, 0.4) is 0 Å². The Morgan fingerprint density at radius 3 is 2.37 bits per heavy atom. The smallest absolute Gasteiger partial charge is 0.406 e. The number of aliphatic hydroxyl groups excluding tert-OH is 1. The molecule has 7 N–H and O–H groups in total. The molecule has 3 unspecified atom stereocenters. The second kappa shape index (κ2) is 24.7. The summed E-state index contributed by atoms with van der Waals surface area (Å²) in [7, 11) is 0. The number of amides is 6. The lowest BCUT2D eigenvalue weighted by molar-refractivity contribution is -0.274. The average molecular weight is 1180 g/mol. The highest BCUT2D eigenvalue weighted by Crippen LogP contribution is 2.41. The van der Waals surface area contributed by atoms with Crippen LogP contribution in [0, 0.1) is 18.3 Å². The number of carbonyl (C=O) groups is 6. The van der Waals surface area contributed by atoms with Gasteiger partial charge in [0.05, 0.1) is 46.5 Å². The number of alkyl halides is 4. The van der Waals surface area contributed by atoms with Gasteiger partial charge in [-0.3, -0.25) is 28.8 Å². The molecule has 5 heterocycles. The molecule has 0 spiro atoms. The molecule has 84 heavy (non-hydrogen) atoms. The number of aryl methyl sites for hydroxylation is 2. The predicted octanol–water partition coefficient (Wildman–Crippen LogP) is 7.42. The Bertz CT molecular complexity index is 3450. The summed E-state index contributed by atoms with van der Waals surface area (Å²) in [5.41, 5.74) is 11.8. The van der Waals surface area contributed by atoms with Crippen molar-refractivity contribution < 1.29 is 56.2 Å². The van der Waals surface area contributed by atoms with Crippen molar-refractivity contribution in [2.24, 2.45) is 11.3 Å². The molecule has 1 saturated carbocycles. The number of rotatable bonds is 21. The lowest BCUT2D eigenvalue weighted by atomic mass is 9.85. The lowest BCUT2D eigenvalue weighted by Gasteiger charge is -2.36. The number of nitrogens with one attached hydrogen (secondary N) is 4. The molecule has 2 fully saturated rings. The second-order valence-electron chi connectivity index (χ2n) is 23.2. The van der Waals surface area contributed by atoms with Gasteiger partial charge in [-0.25, -0.2) is 19.3 Å². The fourth-order valence-electron chi connectivity index (χ4n) is 11.0. The molecule has 19 nitrogen and oxygen atoms in total. The van der Waals surface area contributed by atoms with Crippen LogP contribution in [-0.2, 0) is 48.2 Å². The van der Waals surface area contributed by atoms with Crippen LogP contribution in [-0.4, -0.2) is 121 Å². The number of ether oxygens (including phenoxy) is 1. The molecule has 0 bridgehead atoms. The molecule has 2 aliphatic heterocycles. The van der Waals surface area contributed by atoms with Crippen LogP contribution in [0.5, 0.6) is 5.75 Å². The van der Waals surface area contributed by atoms with Crippen LogP contribution < -0.4 is 36.6 Å². The molecule has 446 valence electrons. The third-order valence-corrected chi connectivity index (χ3v) is 16.5. The van der Waals surface area contributed by atoms with E-state index in [4.69, 9.17) is 5.73 Å². The number of halogens is 4. The Labute approximate surface area is 487 Å². The Kier molecular flexibility index (Phi) is 17.8. The van der Waals surface area contributed by atoms with Gasteiger partial charge in [-0.15, -0.1) is 24.5 Å². The van der Waals surface area contributed by atoms with Gasteiger partial charge in [0.15, 0.2) is 5.67 Å². The summed E-state index contributed by atoms with van der Waals surface area (Å²) in [6.45, 7) is 11.6. The Morgan fingerprint density at radius 1 is 0.940 bits per heavy atom. The van der Waals surface area contributed by atoms with Crippen LogP contribution in [0.2, 0.25) is 0 Å². The number of hydrogen-bond acceptors (Lipinski definition) is 13. The molecular weight excluding hydrogens is 1110 g/mol. The predicted molar refractivity (Wildman–Crippen MR) is 308 cm³/mol. The number of nitrogen functional groups attached to an aromatic ring is 1. The number of fused-ring (bicyclic) bond motifs is 2. The second-order valence-corrected chi connectivity index (χ2v) is 24.1. The number of benzene rings is 3. The van der Waals surface area contributed by atoms with Gasteiger partial charge in [-0.1, -0.05) is 70.2 Å². The number of nitrogens with zero attached hydrogens (tertiary/aromatic N) is 6. The molecule has 1 saturated heterocycles. The van der Waals surface area contributed by atoms with Gasteiger partial charge < -0.3 is 51.2 Å². The molecule has 24 heteroatoms. The summed E-state index contributed by atoms with van der Waals surface area (Å²) in [5.74, 6) is -3.71. The molecule has 0 radical (unpaired) electrons. The van der Waals surface area contributed by atoms with E-state index in [0.717, 1.165) is 32.8 Å². The van der Waals surface area contributed by atoms with E-state index in [1.165, 1.54) is 40.8 Å². The van der Waals surface area contributed by atoms with Crippen molar-refractivity contribution in [1.82, 2.24) is 45.7 Å². The monoisotopic (exact) mass is 1180 g/mol. The quantitative estimate of drug-likeness (QED) is 0.0304. The maximum absolute atomic E-state index is 14.8. The van der Waals surface area contributed by atoms with Gasteiger partial charge in [0.25, 0.3) is 5.91 Å². The van der Waals surface area contributed by atoms with E-state index >= 15 is 0 Å². The van der Waals surface area contributed by atoms with E-state index in [1.54, 1.807) is 63.2 Å². The number of aromatic nitrogens is 4. The standard InChI is InChI=1S/C60H69F4N11O8S/c1-33(54(79)66-20-8-21-73-30-43(49-52(65)67-31-68-53(49)73)39-15-16-45-40(26-39)17-22-74(45)48(78)25-36-9-7-10-42(24-36)83-60(62,63)64)23-34(2)70-47(77)28-44(37-11-13-38(14-12-37)50-35(3)69-32-84-50)71-55(80)46-27-41(76)29-75(46)56(81)51(58(4,5)6)72-57(82)59(61)18-19-59/h7,9-16,24,26,30-34,41,44,46,51,76H,8,17-23,25,27-29H2,1-6H3,(H,66,79)(H,70,77)(H,71,80)(H,72,82)(H2,65,67,68)/t33?,34?,41-,44+,46+,51?/m1/s1. The minimum absolute atomic E-state index is 0.0505. The first-order chi connectivity index (χ1) is 39.7. The average Bonchev–Trinajstić information content (AvgIpc) is 2.44. The van der Waals surface area contributed by atoms with Gasteiger partial charge >= 0.3 is 6.36 Å². The van der Waals surface area contributed by atoms with E-state index < -0.39 is 83.0 Å². The minimum atomic E-state index is -4.86. The zero-order valence-electron chi connectivity index (χ0n) is 47.5. The molecule has 3 aromatic heterocycles. The summed E-state index contributed by atoms with van der Waals surface area (Å²) in [6, 6.07) is 14.7. The van der Waals surface area contributed by atoms with Crippen molar-refractivity contribution in [2.45, 2.75) is 142 Å². The number of thiazole rings is 1. The summed E-state index contributed by atoms with van der Waals surface area (Å²) >= 11 is 1.48. The zero-order valence-corrected chi connectivity index (χ0v) is 48.3. The topological polar surface area (TPSA) is 256 Å². The van der Waals surface area contributed by atoms with Crippen molar-refractivity contribution in [3.8, 4) is 27.3 Å². The molecule has 6 amide bonds. The van der Waals surface area contributed by atoms with E-state index in [2.05, 4.69) is 41.0 Å². The van der Waals surface area contributed by atoms with Crippen molar-refractivity contribution >= 4 is 69.3 Å². The minimum Gasteiger partial charge on any atom is -0.406 e. The summed E-state index contributed by atoms with van der Waals surface area (Å²) in [6.07, 6.45) is -1.60. The third kappa shape index (κ3) is 14.1. The van der Waals surface area contributed by atoms with E-state index in [9.17, 15) is 51.4 Å². The number of β-amino-alcohol motifs (C(OH)–C–C–N with tert-alkyl or cyclic N) is 1. The highest BCUT2D eigenvalue weighted by atomic mass is 32.1. The molecule has 3 aliphatic rings. The van der Waals surface area contributed by atoms with Crippen LogP contribution in [0.25, 0.3) is 32.6 Å². The van der Waals surface area contributed by atoms with Crippen molar-refractivity contribution in [2.75, 3.05) is 30.3 Å². The van der Waals surface area contributed by atoms with Crippen molar-refractivity contribution in [3.63, 3.8) is 0 Å². The summed E-state index contributed by atoms with van der Waals surface area (Å²) in [5, 5.41) is 23.0. The SMILES string of the molecule is Cc1ncsc1-c1ccc([C@H](CC(=O)NC(C)CC(C)C(=O)NCCCn2cc(-c3ccc4c(c3)CCN4C(=O)Cc3cccc(OC(F)(F)F)c3)c3c(N)ncnc32)NC(=O)[C@@H]2C[C@@H](O)CN2C(=O)C(NC(=O)C2(F)CC2)C(C)(C)C)cc1. The maximum Gasteiger partial charge on any atom is 0.573 e. The van der Waals surface area contributed by atoms with Crippen LogP contribution >= 0.6 is 11.3 Å². The number of carbonyl (C=O) groups excluding carboxylic acids is 6. The fraction of sp³-hybridized carbons (Fsp3) is 0.450. The lowest BCUT2D eigenvalue weighted by Crippen LogP contribution is -2.59. The van der Waals surface area contributed by atoms with Crippen molar-refractivity contribution in [1.29, 1.82) is 0 Å². The summed E-state index contributed by atoms with van der Waals surface area (Å²) in [4.78, 5) is 99.2. The van der Waals surface area contributed by atoms with Gasteiger partial charge in [-0.2, -0.15) is 0 Å². The number of likely N-dealkylation sites (tertiary alicyclic amines) is 1. The van der Waals surface area contributed by atoms with Gasteiger partial charge in [0.1, 0.15) is 35.6 Å². The van der Waals surface area contributed by atoms with Crippen LogP contribution in [0.1, 0.15) is 102 Å². The highest BCUT2D eigenvalue weighted by molar-refractivity contribution is 7.13.